The molecule has 1 aliphatic carbocycles. The first-order valence-electron chi connectivity index (χ1n) is 7.66. The average molecular weight is 293 g/mol. The van der Waals surface area contributed by atoms with Crippen LogP contribution >= 0.6 is 0 Å². The van der Waals surface area contributed by atoms with E-state index in [-0.39, 0.29) is 17.8 Å². The van der Waals surface area contributed by atoms with Gasteiger partial charge in [-0.3, -0.25) is 4.79 Å². The maximum atomic E-state index is 13.3. The second-order valence-corrected chi connectivity index (χ2v) is 5.91. The van der Waals surface area contributed by atoms with Gasteiger partial charge in [0.1, 0.15) is 5.82 Å². The number of aryl methyl sites for hydroxylation is 1. The maximum absolute atomic E-state index is 13.3. The maximum Gasteiger partial charge on any atom is 0.307 e. The number of hydrogen-bond acceptors (Lipinski definition) is 3. The molecule has 116 valence electrons. The van der Waals surface area contributed by atoms with Gasteiger partial charge in [0.25, 0.3) is 0 Å². The van der Waals surface area contributed by atoms with Crippen LogP contribution in [-0.4, -0.2) is 25.2 Å². The van der Waals surface area contributed by atoms with Crippen LogP contribution in [0.25, 0.3) is 0 Å². The number of esters is 1. The molecule has 0 bridgehead atoms. The monoisotopic (exact) mass is 293 g/mol. The van der Waals surface area contributed by atoms with E-state index < -0.39 is 0 Å². The van der Waals surface area contributed by atoms with Gasteiger partial charge in [0.15, 0.2) is 0 Å². The van der Waals surface area contributed by atoms with Crippen LogP contribution in [0.4, 0.5) is 4.39 Å². The van der Waals surface area contributed by atoms with Crippen molar-refractivity contribution in [2.45, 2.75) is 57.5 Å². The molecule has 0 aromatic heterocycles. The van der Waals surface area contributed by atoms with E-state index in [4.69, 9.17) is 4.74 Å². The molecule has 1 aromatic carbocycles. The van der Waals surface area contributed by atoms with Gasteiger partial charge in [-0.25, -0.2) is 4.39 Å². The van der Waals surface area contributed by atoms with Crippen LogP contribution in [0.5, 0.6) is 0 Å². The van der Waals surface area contributed by atoms with Gasteiger partial charge in [-0.15, -0.1) is 0 Å². The molecule has 1 aromatic rings. The molecule has 0 heterocycles. The van der Waals surface area contributed by atoms with Crippen molar-refractivity contribution in [3.8, 4) is 0 Å². The number of benzene rings is 1. The van der Waals surface area contributed by atoms with Crippen LogP contribution in [0.2, 0.25) is 0 Å². The highest BCUT2D eigenvalue weighted by atomic mass is 19.1. The molecule has 1 saturated carbocycles. The molecule has 21 heavy (non-hydrogen) atoms. The van der Waals surface area contributed by atoms with Gasteiger partial charge in [0.2, 0.25) is 0 Å². The number of hydrogen-bond donors (Lipinski definition) is 1. The van der Waals surface area contributed by atoms with Gasteiger partial charge in [-0.1, -0.05) is 25.0 Å². The molecule has 0 aliphatic heterocycles. The molecule has 0 spiro atoms. The number of carbonyl (C=O) groups is 1. The molecule has 1 atom stereocenters. The van der Waals surface area contributed by atoms with Gasteiger partial charge < -0.3 is 10.1 Å². The Balaban J connectivity index is 2.02. The van der Waals surface area contributed by atoms with Gasteiger partial charge in [0.05, 0.1) is 13.5 Å². The first-order valence-corrected chi connectivity index (χ1v) is 7.66. The summed E-state index contributed by atoms with van der Waals surface area (Å²) in [4.78, 5) is 11.6. The highest BCUT2D eigenvalue weighted by Crippen LogP contribution is 2.20. The Morgan fingerprint density at radius 1 is 1.43 bits per heavy atom. The minimum absolute atomic E-state index is 0.0467. The van der Waals surface area contributed by atoms with Gasteiger partial charge in [-0.2, -0.15) is 0 Å². The highest BCUT2D eigenvalue weighted by molar-refractivity contribution is 5.70. The Labute approximate surface area is 125 Å². The quantitative estimate of drug-likeness (QED) is 0.819. The second kappa shape index (κ2) is 7.55. The molecule has 0 saturated heterocycles. The Morgan fingerprint density at radius 2 is 2.14 bits per heavy atom. The number of carbonyl (C=O) groups excluding carboxylic acids is 1. The van der Waals surface area contributed by atoms with Crippen molar-refractivity contribution in [3.05, 3.63) is 35.1 Å². The lowest BCUT2D eigenvalue weighted by atomic mass is 10.00. The van der Waals surface area contributed by atoms with Crippen molar-refractivity contribution < 1.29 is 13.9 Å². The zero-order valence-electron chi connectivity index (χ0n) is 12.8. The summed E-state index contributed by atoms with van der Waals surface area (Å²) in [5.41, 5.74) is 1.69. The fourth-order valence-electron chi connectivity index (χ4n) is 3.02. The number of halogens is 1. The van der Waals surface area contributed by atoms with E-state index in [1.165, 1.54) is 38.9 Å². The Morgan fingerprint density at radius 3 is 2.76 bits per heavy atom. The van der Waals surface area contributed by atoms with Crippen molar-refractivity contribution in [2.24, 2.45) is 0 Å². The summed E-state index contributed by atoms with van der Waals surface area (Å²) >= 11 is 0. The first kappa shape index (κ1) is 16.0. The smallest absolute Gasteiger partial charge is 0.307 e. The Bertz CT molecular complexity index is 484. The van der Waals surface area contributed by atoms with E-state index >= 15 is 0 Å². The largest absolute Gasteiger partial charge is 0.469 e. The lowest BCUT2D eigenvalue weighted by Gasteiger charge is -2.22. The normalized spacial score (nSPS) is 16.9. The number of ether oxygens (including phenoxy) is 1. The van der Waals surface area contributed by atoms with Crippen LogP contribution in [0.1, 0.15) is 43.2 Å². The van der Waals surface area contributed by atoms with E-state index in [0.717, 1.165) is 5.56 Å². The van der Waals surface area contributed by atoms with Crippen molar-refractivity contribution in [1.29, 1.82) is 0 Å². The molecule has 3 nitrogen and oxygen atoms in total. The Hall–Kier alpha value is -1.42. The molecule has 1 aliphatic rings. The van der Waals surface area contributed by atoms with Crippen molar-refractivity contribution in [2.75, 3.05) is 7.11 Å². The molecule has 1 fully saturated rings. The SMILES string of the molecule is COC(=O)CC(Cc1ccc(F)c(C)c1)NC1CCCC1. The lowest BCUT2D eigenvalue weighted by Crippen LogP contribution is -2.39. The van der Waals surface area contributed by atoms with Gasteiger partial charge in [0, 0.05) is 12.1 Å². The summed E-state index contributed by atoms with van der Waals surface area (Å²) in [6.45, 7) is 1.76. The van der Waals surface area contributed by atoms with Crippen LogP contribution in [0.3, 0.4) is 0 Å². The van der Waals surface area contributed by atoms with Gasteiger partial charge >= 0.3 is 5.97 Å². The van der Waals surface area contributed by atoms with Crippen molar-refractivity contribution >= 4 is 5.97 Å². The van der Waals surface area contributed by atoms with E-state index in [9.17, 15) is 9.18 Å². The molecule has 0 amide bonds. The molecular formula is C17H24FNO2. The third kappa shape index (κ3) is 4.81. The second-order valence-electron chi connectivity index (χ2n) is 5.91. The minimum atomic E-state index is -0.204. The lowest BCUT2D eigenvalue weighted by molar-refractivity contribution is -0.141. The zero-order valence-corrected chi connectivity index (χ0v) is 12.8. The van der Waals surface area contributed by atoms with E-state index in [0.29, 0.717) is 24.4 Å². The molecule has 0 radical (unpaired) electrons. The topological polar surface area (TPSA) is 38.3 Å². The molecule has 2 rings (SSSR count). The standard InChI is InChI=1S/C17H24FNO2/c1-12-9-13(7-8-16(12)18)10-15(11-17(20)21-2)19-14-5-3-4-6-14/h7-9,14-15,19H,3-6,10-11H2,1-2H3. The van der Waals surface area contributed by atoms with E-state index in [1.807, 2.05) is 6.07 Å². The molecule has 1 N–H and O–H groups in total. The molecule has 4 heteroatoms. The van der Waals surface area contributed by atoms with Crippen molar-refractivity contribution in [3.63, 3.8) is 0 Å². The average Bonchev–Trinajstić information content (AvgIpc) is 2.95. The number of nitrogens with one attached hydrogen (secondary N) is 1. The third-order valence-electron chi connectivity index (χ3n) is 4.17. The van der Waals surface area contributed by atoms with Crippen LogP contribution in [-0.2, 0) is 16.0 Å². The Kier molecular flexibility index (Phi) is 5.74. The summed E-state index contributed by atoms with van der Waals surface area (Å²) in [6.07, 6.45) is 5.90. The predicted molar refractivity (Wildman–Crippen MR) is 80.7 cm³/mol. The number of rotatable bonds is 6. The molecular weight excluding hydrogens is 269 g/mol. The van der Waals surface area contributed by atoms with Crippen LogP contribution in [0.15, 0.2) is 18.2 Å². The molecule has 1 unspecified atom stereocenters. The van der Waals surface area contributed by atoms with Crippen molar-refractivity contribution in [1.82, 2.24) is 5.32 Å². The summed E-state index contributed by atoms with van der Waals surface area (Å²) in [6, 6.07) is 5.68. The summed E-state index contributed by atoms with van der Waals surface area (Å²) in [5, 5.41) is 3.57. The fourth-order valence-corrected chi connectivity index (χ4v) is 3.02. The van der Waals surface area contributed by atoms with Gasteiger partial charge in [-0.05, 0) is 43.4 Å². The predicted octanol–water partition coefficient (Wildman–Crippen LogP) is 3.14. The summed E-state index contributed by atoms with van der Waals surface area (Å²) < 4.78 is 18.1. The summed E-state index contributed by atoms with van der Waals surface area (Å²) in [7, 11) is 1.41. The van der Waals surface area contributed by atoms with Crippen LogP contribution < -0.4 is 5.32 Å². The summed E-state index contributed by atoms with van der Waals surface area (Å²) in [5.74, 6) is -0.392. The highest BCUT2D eigenvalue weighted by Gasteiger charge is 2.21. The number of methoxy groups -OCH3 is 1. The van der Waals surface area contributed by atoms with E-state index in [1.54, 1.807) is 13.0 Å². The minimum Gasteiger partial charge on any atom is -0.469 e. The van der Waals surface area contributed by atoms with E-state index in [2.05, 4.69) is 5.32 Å². The van der Waals surface area contributed by atoms with Crippen LogP contribution in [0, 0.1) is 12.7 Å². The zero-order chi connectivity index (χ0) is 15.2. The third-order valence-corrected chi connectivity index (χ3v) is 4.17. The first-order chi connectivity index (χ1) is 10.1. The fraction of sp³-hybridized carbons (Fsp3) is 0.588.